The van der Waals surface area contributed by atoms with Crippen molar-refractivity contribution in [1.29, 1.82) is 0 Å². The number of hydrogen-bond acceptors (Lipinski definition) is 5. The molecule has 4 N–H and O–H groups in total. The van der Waals surface area contributed by atoms with Crippen LogP contribution in [0.1, 0.15) is 38.5 Å². The first-order chi connectivity index (χ1) is 8.31. The van der Waals surface area contributed by atoms with Crippen LogP contribution in [-0.4, -0.2) is 16.0 Å². The average Bonchev–Trinajstić information content (AvgIpc) is 2.60. The van der Waals surface area contributed by atoms with Gasteiger partial charge in [-0.15, -0.1) is 0 Å². The highest BCUT2D eigenvalue weighted by atomic mass is 79.9. The molecule has 0 spiro atoms. The molecule has 1 heterocycles. The van der Waals surface area contributed by atoms with Crippen LogP contribution in [0.2, 0.25) is 0 Å². The largest absolute Gasteiger partial charge is 0.366 e. The van der Waals surface area contributed by atoms with Gasteiger partial charge in [0.05, 0.1) is 0 Å². The van der Waals surface area contributed by atoms with Crippen LogP contribution in [0.5, 0.6) is 0 Å². The highest BCUT2D eigenvalue weighted by Gasteiger charge is 2.15. The van der Waals surface area contributed by atoms with E-state index in [9.17, 15) is 0 Å². The lowest BCUT2D eigenvalue weighted by Gasteiger charge is -2.18. The maximum absolute atomic E-state index is 5.38. The molecule has 1 aromatic rings. The number of halogens is 1. The van der Waals surface area contributed by atoms with E-state index in [4.69, 9.17) is 5.84 Å². The van der Waals surface area contributed by atoms with Gasteiger partial charge in [0.25, 0.3) is 0 Å². The molecule has 2 rings (SSSR count). The molecule has 1 aliphatic carbocycles. The van der Waals surface area contributed by atoms with Crippen LogP contribution in [0.4, 0.5) is 11.6 Å². The van der Waals surface area contributed by atoms with E-state index in [0.717, 1.165) is 10.3 Å². The molecular formula is C11H18BrN5. The number of hydrogen-bond donors (Lipinski definition) is 3. The molecule has 0 radical (unpaired) electrons. The normalized spacial score (nSPS) is 17.5. The summed E-state index contributed by atoms with van der Waals surface area (Å²) in [5, 5.41) is 3.47. The predicted molar refractivity (Wildman–Crippen MR) is 72.7 cm³/mol. The maximum atomic E-state index is 5.38. The second-order valence-corrected chi connectivity index (χ2v) is 5.16. The molecule has 1 aromatic heterocycles. The lowest BCUT2D eigenvalue weighted by molar-refractivity contribution is 0.617. The Hall–Kier alpha value is -0.880. The third-order valence-corrected chi connectivity index (χ3v) is 3.87. The minimum atomic E-state index is 0.509. The molecule has 1 aliphatic rings. The van der Waals surface area contributed by atoms with Gasteiger partial charge in [-0.25, -0.2) is 15.8 Å². The van der Waals surface area contributed by atoms with Crippen molar-refractivity contribution in [1.82, 2.24) is 9.97 Å². The van der Waals surface area contributed by atoms with Crippen LogP contribution in [0.15, 0.2) is 10.8 Å². The smallest absolute Gasteiger partial charge is 0.159 e. The highest BCUT2D eigenvalue weighted by Crippen LogP contribution is 2.28. The zero-order chi connectivity index (χ0) is 12.1. The Balaban J connectivity index is 2.06. The van der Waals surface area contributed by atoms with Gasteiger partial charge in [-0.2, -0.15) is 0 Å². The highest BCUT2D eigenvalue weighted by molar-refractivity contribution is 9.10. The second-order valence-electron chi connectivity index (χ2n) is 4.36. The Morgan fingerprint density at radius 2 is 1.76 bits per heavy atom. The number of nitrogens with two attached hydrogens (primary N) is 1. The quantitative estimate of drug-likeness (QED) is 0.454. The van der Waals surface area contributed by atoms with Crippen LogP contribution in [0.25, 0.3) is 0 Å². The minimum absolute atomic E-state index is 0.509. The molecule has 17 heavy (non-hydrogen) atoms. The average molecular weight is 300 g/mol. The number of hydrazine groups is 1. The lowest BCUT2D eigenvalue weighted by Crippen LogP contribution is -2.20. The van der Waals surface area contributed by atoms with Gasteiger partial charge in [0.15, 0.2) is 5.82 Å². The number of nitrogen functional groups attached to an aromatic ring is 1. The fourth-order valence-electron chi connectivity index (χ4n) is 2.19. The van der Waals surface area contributed by atoms with Gasteiger partial charge >= 0.3 is 0 Å². The molecule has 0 atom stereocenters. The van der Waals surface area contributed by atoms with Crippen molar-refractivity contribution in [3.8, 4) is 0 Å². The van der Waals surface area contributed by atoms with E-state index in [2.05, 4.69) is 36.6 Å². The Labute approximate surface area is 110 Å². The number of rotatable bonds is 3. The molecule has 1 saturated carbocycles. The Morgan fingerprint density at radius 3 is 2.41 bits per heavy atom. The van der Waals surface area contributed by atoms with Crippen LogP contribution in [0, 0.1) is 0 Å². The van der Waals surface area contributed by atoms with Crippen LogP contribution in [-0.2, 0) is 0 Å². The van der Waals surface area contributed by atoms with Crippen molar-refractivity contribution >= 4 is 27.6 Å². The van der Waals surface area contributed by atoms with Crippen LogP contribution >= 0.6 is 15.9 Å². The third kappa shape index (κ3) is 3.29. The van der Waals surface area contributed by atoms with E-state index >= 15 is 0 Å². The standard InChI is InChI=1S/C11H18BrN5/c12-9-10(14-7-15-11(9)17-13)16-8-5-3-1-2-4-6-8/h7-8H,1-6,13H2,(H2,14,15,16,17). The van der Waals surface area contributed by atoms with Gasteiger partial charge in [0, 0.05) is 6.04 Å². The van der Waals surface area contributed by atoms with E-state index in [0.29, 0.717) is 11.9 Å². The third-order valence-electron chi connectivity index (χ3n) is 3.12. The molecular weight excluding hydrogens is 282 g/mol. The predicted octanol–water partition coefficient (Wildman–Crippen LogP) is 2.66. The van der Waals surface area contributed by atoms with Crippen molar-refractivity contribution in [3.05, 3.63) is 10.8 Å². The Bertz CT molecular complexity index is 363. The fraction of sp³-hybridized carbons (Fsp3) is 0.636. The first kappa shape index (κ1) is 12.6. The van der Waals surface area contributed by atoms with Crippen molar-refractivity contribution in [2.24, 2.45) is 5.84 Å². The van der Waals surface area contributed by atoms with E-state index in [1.54, 1.807) is 0 Å². The molecule has 1 fully saturated rings. The molecule has 0 saturated heterocycles. The summed E-state index contributed by atoms with van der Waals surface area (Å²) >= 11 is 3.46. The zero-order valence-electron chi connectivity index (χ0n) is 9.75. The van der Waals surface area contributed by atoms with E-state index in [1.807, 2.05) is 0 Å². The van der Waals surface area contributed by atoms with E-state index < -0.39 is 0 Å². The second kappa shape index (κ2) is 6.16. The molecule has 0 unspecified atom stereocenters. The molecule has 5 nitrogen and oxygen atoms in total. The lowest BCUT2D eigenvalue weighted by atomic mass is 10.1. The fourth-order valence-corrected chi connectivity index (χ4v) is 2.62. The SMILES string of the molecule is NNc1ncnc(NC2CCCCCC2)c1Br. The van der Waals surface area contributed by atoms with Crippen molar-refractivity contribution in [3.63, 3.8) is 0 Å². The molecule has 0 aromatic carbocycles. The van der Waals surface area contributed by atoms with Crippen molar-refractivity contribution in [2.75, 3.05) is 10.7 Å². The van der Waals surface area contributed by atoms with Gasteiger partial charge in [-0.05, 0) is 28.8 Å². The molecule has 94 valence electrons. The number of aromatic nitrogens is 2. The van der Waals surface area contributed by atoms with Gasteiger partial charge in [0.2, 0.25) is 0 Å². The Kier molecular flexibility index (Phi) is 4.56. The summed E-state index contributed by atoms with van der Waals surface area (Å²) in [5.41, 5.74) is 2.55. The summed E-state index contributed by atoms with van der Waals surface area (Å²) in [4.78, 5) is 8.28. The van der Waals surface area contributed by atoms with Gasteiger partial charge in [-0.3, -0.25) is 0 Å². The molecule has 6 heteroatoms. The molecule has 0 amide bonds. The summed E-state index contributed by atoms with van der Waals surface area (Å²) in [6.45, 7) is 0. The summed E-state index contributed by atoms with van der Waals surface area (Å²) in [7, 11) is 0. The van der Waals surface area contributed by atoms with Crippen molar-refractivity contribution < 1.29 is 0 Å². The van der Waals surface area contributed by atoms with Crippen molar-refractivity contribution in [2.45, 2.75) is 44.6 Å². The minimum Gasteiger partial charge on any atom is -0.366 e. The van der Waals surface area contributed by atoms with E-state index in [1.165, 1.54) is 44.9 Å². The zero-order valence-corrected chi connectivity index (χ0v) is 11.3. The van der Waals surface area contributed by atoms with Crippen LogP contribution in [0.3, 0.4) is 0 Å². The van der Waals surface area contributed by atoms with Gasteiger partial charge in [-0.1, -0.05) is 25.7 Å². The summed E-state index contributed by atoms with van der Waals surface area (Å²) in [5.74, 6) is 6.81. The Morgan fingerprint density at radius 1 is 1.12 bits per heavy atom. The summed E-state index contributed by atoms with van der Waals surface area (Å²) < 4.78 is 0.798. The summed E-state index contributed by atoms with van der Waals surface area (Å²) in [6, 6.07) is 0.509. The first-order valence-corrected chi connectivity index (χ1v) is 6.84. The number of nitrogens with zero attached hydrogens (tertiary/aromatic N) is 2. The maximum Gasteiger partial charge on any atom is 0.159 e. The number of nitrogens with one attached hydrogen (secondary N) is 2. The monoisotopic (exact) mass is 299 g/mol. The number of anilines is 2. The van der Waals surface area contributed by atoms with Crippen LogP contribution < -0.4 is 16.6 Å². The first-order valence-electron chi connectivity index (χ1n) is 6.05. The van der Waals surface area contributed by atoms with Gasteiger partial charge in [0.1, 0.15) is 16.6 Å². The topological polar surface area (TPSA) is 75.9 Å². The van der Waals surface area contributed by atoms with E-state index in [-0.39, 0.29) is 0 Å². The summed E-state index contributed by atoms with van der Waals surface area (Å²) in [6.07, 6.45) is 9.21. The van der Waals surface area contributed by atoms with Gasteiger partial charge < -0.3 is 10.7 Å². The molecule has 0 bridgehead atoms. The molecule has 0 aliphatic heterocycles.